The number of carbonyl (C=O) groups is 2. The van der Waals surface area contributed by atoms with Gasteiger partial charge in [0, 0.05) is 36.2 Å². The highest BCUT2D eigenvalue weighted by Crippen LogP contribution is 2.46. The summed E-state index contributed by atoms with van der Waals surface area (Å²) in [5.74, 6) is 2.19. The number of nitrogens with two attached hydrogens (primary N) is 1. The van der Waals surface area contributed by atoms with Gasteiger partial charge in [-0.25, -0.2) is 0 Å². The lowest BCUT2D eigenvalue weighted by Crippen LogP contribution is -2.46. The van der Waals surface area contributed by atoms with Crippen molar-refractivity contribution in [2.75, 3.05) is 19.7 Å². The standard InChI is InChI=1S/C25H27N3O5/c1-16-18(6-11-31-16)23(27-15-29)21-4-5-22(33-21)24(30)28-9-7-25(8-10-28)14-32-20-3-2-17(13-26)12-19(20)25/h2-6,11-12,15,23H,7-10,13-14,26H2,1H3,(H,27,29). The molecular weight excluding hydrogens is 422 g/mol. The summed E-state index contributed by atoms with van der Waals surface area (Å²) >= 11 is 0. The van der Waals surface area contributed by atoms with Gasteiger partial charge in [0.05, 0.1) is 12.9 Å². The first-order chi connectivity index (χ1) is 16.0. The van der Waals surface area contributed by atoms with Crippen molar-refractivity contribution in [2.45, 2.75) is 37.8 Å². The second-order valence-electron chi connectivity index (χ2n) is 8.75. The monoisotopic (exact) mass is 449 g/mol. The summed E-state index contributed by atoms with van der Waals surface area (Å²) in [5.41, 5.74) is 8.83. The molecule has 2 aliphatic heterocycles. The number of benzene rings is 1. The van der Waals surface area contributed by atoms with Gasteiger partial charge in [-0.05, 0) is 49.6 Å². The Kier molecular flexibility index (Phi) is 5.46. The summed E-state index contributed by atoms with van der Waals surface area (Å²) in [6.45, 7) is 4.16. The van der Waals surface area contributed by atoms with Crippen molar-refractivity contribution >= 4 is 12.3 Å². The van der Waals surface area contributed by atoms with Crippen LogP contribution >= 0.6 is 0 Å². The van der Waals surface area contributed by atoms with Crippen molar-refractivity contribution < 1.29 is 23.2 Å². The van der Waals surface area contributed by atoms with E-state index in [4.69, 9.17) is 19.3 Å². The maximum atomic E-state index is 13.2. The molecular formula is C25H27N3O5. The van der Waals surface area contributed by atoms with E-state index < -0.39 is 6.04 Å². The molecule has 0 aliphatic carbocycles. The quantitative estimate of drug-likeness (QED) is 0.560. The Morgan fingerprint density at radius 1 is 1.24 bits per heavy atom. The third-order valence-corrected chi connectivity index (χ3v) is 6.93. The molecule has 33 heavy (non-hydrogen) atoms. The second-order valence-corrected chi connectivity index (χ2v) is 8.75. The van der Waals surface area contributed by atoms with Gasteiger partial charge in [-0.3, -0.25) is 9.59 Å². The van der Waals surface area contributed by atoms with E-state index in [0.29, 0.717) is 44.2 Å². The zero-order valence-corrected chi connectivity index (χ0v) is 18.5. The molecule has 3 aromatic rings. The number of furan rings is 2. The molecule has 0 radical (unpaired) electrons. The molecule has 2 aliphatic rings. The number of amides is 2. The van der Waals surface area contributed by atoms with Crippen molar-refractivity contribution in [1.29, 1.82) is 0 Å². The molecule has 1 aromatic carbocycles. The van der Waals surface area contributed by atoms with Crippen LogP contribution < -0.4 is 15.8 Å². The van der Waals surface area contributed by atoms with Crippen LogP contribution in [0.15, 0.2) is 51.5 Å². The van der Waals surface area contributed by atoms with E-state index in [1.165, 1.54) is 5.56 Å². The molecule has 1 spiro atoms. The minimum Gasteiger partial charge on any atom is -0.492 e. The van der Waals surface area contributed by atoms with Gasteiger partial charge >= 0.3 is 0 Å². The van der Waals surface area contributed by atoms with Gasteiger partial charge in [0.15, 0.2) is 5.76 Å². The van der Waals surface area contributed by atoms with Crippen LogP contribution in [-0.2, 0) is 16.8 Å². The first kappa shape index (κ1) is 21.3. The molecule has 0 bridgehead atoms. The predicted octanol–water partition coefficient (Wildman–Crippen LogP) is 3.04. The number of hydrogen-bond acceptors (Lipinski definition) is 6. The maximum absolute atomic E-state index is 13.2. The molecule has 1 saturated heterocycles. The number of aryl methyl sites for hydroxylation is 1. The number of nitrogens with zero attached hydrogens (tertiary/aromatic N) is 1. The van der Waals surface area contributed by atoms with Crippen LogP contribution in [0.3, 0.4) is 0 Å². The molecule has 1 atom stereocenters. The fraction of sp³-hybridized carbons (Fsp3) is 0.360. The summed E-state index contributed by atoms with van der Waals surface area (Å²) in [4.78, 5) is 26.2. The van der Waals surface area contributed by atoms with Gasteiger partial charge in [-0.2, -0.15) is 0 Å². The first-order valence-corrected chi connectivity index (χ1v) is 11.1. The molecule has 8 nitrogen and oxygen atoms in total. The fourth-order valence-corrected chi connectivity index (χ4v) is 4.96. The average molecular weight is 450 g/mol. The Morgan fingerprint density at radius 3 is 2.76 bits per heavy atom. The highest BCUT2D eigenvalue weighted by molar-refractivity contribution is 5.91. The average Bonchev–Trinajstić information content (AvgIpc) is 3.57. The number of nitrogens with one attached hydrogen (secondary N) is 1. The summed E-state index contributed by atoms with van der Waals surface area (Å²) < 4.78 is 17.2. The molecule has 0 saturated carbocycles. The summed E-state index contributed by atoms with van der Waals surface area (Å²) in [7, 11) is 0. The van der Waals surface area contributed by atoms with Crippen LogP contribution in [0.4, 0.5) is 0 Å². The van der Waals surface area contributed by atoms with E-state index in [9.17, 15) is 9.59 Å². The number of rotatable bonds is 6. The Balaban J connectivity index is 1.31. The van der Waals surface area contributed by atoms with Gasteiger partial charge in [0.2, 0.25) is 6.41 Å². The van der Waals surface area contributed by atoms with Gasteiger partial charge in [0.1, 0.15) is 23.3 Å². The Morgan fingerprint density at radius 2 is 2.06 bits per heavy atom. The highest BCUT2D eigenvalue weighted by atomic mass is 16.5. The molecule has 1 fully saturated rings. The summed E-state index contributed by atoms with van der Waals surface area (Å²) in [6.07, 6.45) is 3.81. The third kappa shape index (κ3) is 3.70. The van der Waals surface area contributed by atoms with E-state index in [1.54, 1.807) is 24.5 Å². The lowest BCUT2D eigenvalue weighted by atomic mass is 9.74. The number of fused-ring (bicyclic) bond motifs is 2. The number of carbonyl (C=O) groups excluding carboxylic acids is 2. The van der Waals surface area contributed by atoms with Crippen molar-refractivity contribution in [2.24, 2.45) is 5.73 Å². The lowest BCUT2D eigenvalue weighted by molar-refractivity contribution is -0.110. The molecule has 2 amide bonds. The molecule has 1 unspecified atom stereocenters. The van der Waals surface area contributed by atoms with Crippen LogP contribution in [0, 0.1) is 6.92 Å². The SMILES string of the molecule is Cc1occc1C(NC=O)c1ccc(C(=O)N2CCC3(CC2)COc2ccc(CN)cc23)o1. The Labute approximate surface area is 191 Å². The lowest BCUT2D eigenvalue weighted by Gasteiger charge is -2.38. The van der Waals surface area contributed by atoms with Gasteiger partial charge in [0.25, 0.3) is 5.91 Å². The largest absolute Gasteiger partial charge is 0.492 e. The Bertz CT molecular complexity index is 1170. The fourth-order valence-electron chi connectivity index (χ4n) is 4.96. The van der Waals surface area contributed by atoms with Crippen molar-refractivity contribution in [1.82, 2.24) is 10.2 Å². The van der Waals surface area contributed by atoms with Gasteiger partial charge < -0.3 is 29.5 Å². The van der Waals surface area contributed by atoms with Gasteiger partial charge in [-0.15, -0.1) is 0 Å². The maximum Gasteiger partial charge on any atom is 0.289 e. The molecule has 3 N–H and O–H groups in total. The molecule has 2 aromatic heterocycles. The third-order valence-electron chi connectivity index (χ3n) is 6.93. The van der Waals surface area contributed by atoms with Crippen molar-refractivity contribution in [3.63, 3.8) is 0 Å². The molecule has 4 heterocycles. The smallest absolute Gasteiger partial charge is 0.289 e. The first-order valence-electron chi connectivity index (χ1n) is 11.1. The van der Waals surface area contributed by atoms with Crippen molar-refractivity contribution in [3.05, 3.63) is 76.6 Å². The minimum absolute atomic E-state index is 0.0800. The zero-order chi connectivity index (χ0) is 23.0. The number of hydrogen-bond donors (Lipinski definition) is 2. The van der Waals surface area contributed by atoms with Crippen LogP contribution in [0.5, 0.6) is 5.75 Å². The molecule has 172 valence electrons. The van der Waals surface area contributed by atoms with Gasteiger partial charge in [-0.1, -0.05) is 12.1 Å². The zero-order valence-electron chi connectivity index (χ0n) is 18.5. The second kappa shape index (κ2) is 8.44. The van der Waals surface area contributed by atoms with E-state index in [2.05, 4.69) is 11.4 Å². The summed E-state index contributed by atoms with van der Waals surface area (Å²) in [6, 6.07) is 10.8. The van der Waals surface area contributed by atoms with E-state index in [-0.39, 0.29) is 17.1 Å². The normalized spacial score (nSPS) is 17.5. The molecule has 5 rings (SSSR count). The number of likely N-dealkylation sites (tertiary alicyclic amines) is 1. The van der Waals surface area contributed by atoms with E-state index >= 15 is 0 Å². The topological polar surface area (TPSA) is 111 Å². The van der Waals surface area contributed by atoms with Crippen LogP contribution in [0.25, 0.3) is 0 Å². The predicted molar refractivity (Wildman–Crippen MR) is 120 cm³/mol. The Hall–Kier alpha value is -3.52. The minimum atomic E-state index is -0.517. The van der Waals surface area contributed by atoms with Crippen LogP contribution in [0.1, 0.15) is 57.6 Å². The highest BCUT2D eigenvalue weighted by Gasteiger charge is 2.44. The van der Waals surface area contributed by atoms with E-state index in [0.717, 1.165) is 29.7 Å². The van der Waals surface area contributed by atoms with E-state index in [1.807, 2.05) is 24.0 Å². The number of piperidine rings is 1. The van der Waals surface area contributed by atoms with Crippen molar-refractivity contribution in [3.8, 4) is 5.75 Å². The van der Waals surface area contributed by atoms with Crippen LogP contribution in [0.2, 0.25) is 0 Å². The number of ether oxygens (including phenoxy) is 1. The van der Waals surface area contributed by atoms with Crippen LogP contribution in [-0.4, -0.2) is 36.9 Å². The summed E-state index contributed by atoms with van der Waals surface area (Å²) in [5, 5.41) is 2.74. The molecule has 8 heteroatoms.